The van der Waals surface area contributed by atoms with E-state index >= 15 is 0 Å². The summed E-state index contributed by atoms with van der Waals surface area (Å²) in [6.45, 7) is 0. The SMILES string of the molecule is c1ccc(-c2ccc(-c3nc(-c4ccccc4)nc(-c4c5nc(-c6ccc(-c7ccccc7)cc6)sc5cc5c4sc4ccccc45)n3)cc2)cc1. The smallest absolute Gasteiger partial charge is 0.167 e. The lowest BCUT2D eigenvalue weighted by molar-refractivity contribution is 1.08. The maximum Gasteiger partial charge on any atom is 0.167 e. The Morgan fingerprint density at radius 3 is 1.40 bits per heavy atom. The van der Waals surface area contributed by atoms with Gasteiger partial charge in [0.15, 0.2) is 17.5 Å². The van der Waals surface area contributed by atoms with Gasteiger partial charge in [0, 0.05) is 36.9 Å². The molecule has 0 aliphatic rings. The predicted octanol–water partition coefficient (Wildman–Crippen LogP) is 12.9. The fourth-order valence-corrected chi connectivity index (χ4v) is 9.03. The van der Waals surface area contributed by atoms with Crippen molar-refractivity contribution in [2.24, 2.45) is 0 Å². The molecule has 0 bridgehead atoms. The Bertz CT molecular complexity index is 2860. The quantitative estimate of drug-likeness (QED) is 0.173. The Hall–Kier alpha value is -6.34. The van der Waals surface area contributed by atoms with E-state index in [2.05, 4.69) is 140 Å². The molecule has 0 fully saturated rings. The zero-order chi connectivity index (χ0) is 34.4. The number of nitrogens with zero attached hydrogens (tertiary/aromatic N) is 4. The third kappa shape index (κ3) is 5.46. The second-order valence-electron chi connectivity index (χ2n) is 12.7. The van der Waals surface area contributed by atoms with Crippen LogP contribution in [0.25, 0.3) is 97.4 Å². The van der Waals surface area contributed by atoms with E-state index in [-0.39, 0.29) is 0 Å². The van der Waals surface area contributed by atoms with E-state index in [0.29, 0.717) is 17.5 Å². The van der Waals surface area contributed by atoms with E-state index in [1.165, 1.54) is 32.2 Å². The van der Waals surface area contributed by atoms with E-state index in [1.54, 1.807) is 22.7 Å². The van der Waals surface area contributed by atoms with Gasteiger partial charge in [-0.2, -0.15) is 0 Å². The van der Waals surface area contributed by atoms with Crippen molar-refractivity contribution in [3.63, 3.8) is 0 Å². The molecule has 0 unspecified atom stereocenters. The highest BCUT2D eigenvalue weighted by Crippen LogP contribution is 2.46. The van der Waals surface area contributed by atoms with Crippen LogP contribution >= 0.6 is 22.7 Å². The van der Waals surface area contributed by atoms with Crippen molar-refractivity contribution in [2.75, 3.05) is 0 Å². The fourth-order valence-electron chi connectivity index (χ4n) is 6.78. The van der Waals surface area contributed by atoms with Gasteiger partial charge in [0.05, 0.1) is 15.8 Å². The summed E-state index contributed by atoms with van der Waals surface area (Å²) in [6.07, 6.45) is 0. The molecule has 3 heterocycles. The largest absolute Gasteiger partial charge is 0.235 e. The summed E-state index contributed by atoms with van der Waals surface area (Å²) < 4.78 is 3.45. The molecule has 4 nitrogen and oxygen atoms in total. The molecule has 10 aromatic rings. The maximum absolute atomic E-state index is 5.36. The molecule has 0 saturated carbocycles. The van der Waals surface area contributed by atoms with Crippen LogP contribution in [0.2, 0.25) is 0 Å². The molecule has 0 saturated heterocycles. The van der Waals surface area contributed by atoms with Crippen LogP contribution in [0.1, 0.15) is 0 Å². The van der Waals surface area contributed by atoms with Gasteiger partial charge in [-0.1, -0.05) is 158 Å². The van der Waals surface area contributed by atoms with E-state index < -0.39 is 0 Å². The summed E-state index contributed by atoms with van der Waals surface area (Å²) in [5.74, 6) is 1.88. The van der Waals surface area contributed by atoms with Crippen molar-refractivity contribution in [1.82, 2.24) is 19.9 Å². The molecule has 10 rings (SSSR count). The summed E-state index contributed by atoms with van der Waals surface area (Å²) in [5, 5.41) is 3.38. The number of rotatable bonds is 6. The van der Waals surface area contributed by atoms with Crippen LogP contribution in [0, 0.1) is 0 Å². The lowest BCUT2D eigenvalue weighted by Crippen LogP contribution is -2.00. The highest BCUT2D eigenvalue weighted by molar-refractivity contribution is 7.27. The molecular weight excluding hydrogens is 673 g/mol. The van der Waals surface area contributed by atoms with Crippen LogP contribution in [0.3, 0.4) is 0 Å². The molecule has 6 heteroatoms. The molecular formula is C46H28N4S2. The van der Waals surface area contributed by atoms with Gasteiger partial charge in [0.1, 0.15) is 5.01 Å². The van der Waals surface area contributed by atoms with Gasteiger partial charge in [-0.05, 0) is 34.4 Å². The van der Waals surface area contributed by atoms with E-state index in [1.807, 2.05) is 30.3 Å². The number of hydrogen-bond acceptors (Lipinski definition) is 6. The summed E-state index contributed by atoms with van der Waals surface area (Å²) >= 11 is 3.48. The van der Waals surface area contributed by atoms with Crippen LogP contribution in [0.15, 0.2) is 170 Å². The summed E-state index contributed by atoms with van der Waals surface area (Å²) in [7, 11) is 0. The molecule has 0 aliphatic carbocycles. The first-order valence-electron chi connectivity index (χ1n) is 17.1. The minimum Gasteiger partial charge on any atom is -0.235 e. The minimum atomic E-state index is 0.620. The number of benzene rings is 7. The molecule has 0 radical (unpaired) electrons. The Morgan fingerprint density at radius 2 is 0.788 bits per heavy atom. The van der Waals surface area contributed by atoms with E-state index in [9.17, 15) is 0 Å². The summed E-state index contributed by atoms with van der Waals surface area (Å²) in [4.78, 5) is 20.9. The number of aromatic nitrogens is 4. The average Bonchev–Trinajstić information content (AvgIpc) is 3.82. The first-order valence-corrected chi connectivity index (χ1v) is 18.8. The van der Waals surface area contributed by atoms with Crippen LogP contribution in [-0.2, 0) is 0 Å². The molecule has 0 atom stereocenters. The monoisotopic (exact) mass is 700 g/mol. The highest BCUT2D eigenvalue weighted by atomic mass is 32.1. The minimum absolute atomic E-state index is 0.620. The van der Waals surface area contributed by atoms with Crippen molar-refractivity contribution in [1.29, 1.82) is 0 Å². The zero-order valence-corrected chi connectivity index (χ0v) is 29.4. The lowest BCUT2D eigenvalue weighted by atomic mass is 10.0. The molecule has 0 spiro atoms. The van der Waals surface area contributed by atoms with Crippen LogP contribution in [0.5, 0.6) is 0 Å². The van der Waals surface area contributed by atoms with Crippen LogP contribution in [-0.4, -0.2) is 19.9 Å². The van der Waals surface area contributed by atoms with Crippen LogP contribution in [0.4, 0.5) is 0 Å². The Labute approximate surface area is 308 Å². The molecule has 244 valence electrons. The normalized spacial score (nSPS) is 11.5. The molecule has 52 heavy (non-hydrogen) atoms. The molecule has 0 aliphatic heterocycles. The second kappa shape index (κ2) is 12.8. The van der Waals surface area contributed by atoms with Gasteiger partial charge < -0.3 is 0 Å². The van der Waals surface area contributed by atoms with Gasteiger partial charge in [0.25, 0.3) is 0 Å². The van der Waals surface area contributed by atoms with Gasteiger partial charge in [-0.25, -0.2) is 19.9 Å². The van der Waals surface area contributed by atoms with Gasteiger partial charge in [-0.3, -0.25) is 0 Å². The summed E-state index contributed by atoms with van der Waals surface area (Å²) in [5.41, 5.74) is 9.49. The van der Waals surface area contributed by atoms with Crippen molar-refractivity contribution >= 4 is 53.1 Å². The van der Waals surface area contributed by atoms with Gasteiger partial charge in [0.2, 0.25) is 0 Å². The van der Waals surface area contributed by atoms with E-state index in [0.717, 1.165) is 47.7 Å². The van der Waals surface area contributed by atoms with E-state index in [4.69, 9.17) is 19.9 Å². The number of thiazole rings is 1. The van der Waals surface area contributed by atoms with Crippen molar-refractivity contribution in [3.05, 3.63) is 170 Å². The molecule has 0 N–H and O–H groups in total. The number of fused-ring (bicyclic) bond motifs is 4. The fraction of sp³-hybridized carbons (Fsp3) is 0. The highest BCUT2D eigenvalue weighted by Gasteiger charge is 2.22. The lowest BCUT2D eigenvalue weighted by Gasteiger charge is -2.10. The first kappa shape index (κ1) is 30.5. The third-order valence-corrected chi connectivity index (χ3v) is 11.7. The van der Waals surface area contributed by atoms with Gasteiger partial charge >= 0.3 is 0 Å². The number of thiophene rings is 1. The summed E-state index contributed by atoms with van der Waals surface area (Å²) in [6, 6.07) is 59.1. The Kier molecular flexibility index (Phi) is 7.48. The number of hydrogen-bond donors (Lipinski definition) is 0. The molecule has 7 aromatic carbocycles. The molecule has 3 aromatic heterocycles. The predicted molar refractivity (Wildman–Crippen MR) is 219 cm³/mol. The topological polar surface area (TPSA) is 51.6 Å². The zero-order valence-electron chi connectivity index (χ0n) is 27.8. The van der Waals surface area contributed by atoms with Gasteiger partial charge in [-0.15, -0.1) is 22.7 Å². The van der Waals surface area contributed by atoms with Crippen LogP contribution < -0.4 is 0 Å². The maximum atomic E-state index is 5.36. The Balaban J connectivity index is 1.18. The third-order valence-electron chi connectivity index (χ3n) is 9.41. The second-order valence-corrected chi connectivity index (χ2v) is 14.7. The Morgan fingerprint density at radius 1 is 0.327 bits per heavy atom. The van der Waals surface area contributed by atoms with Crippen molar-refractivity contribution < 1.29 is 0 Å². The average molecular weight is 701 g/mol. The van der Waals surface area contributed by atoms with Crippen molar-refractivity contribution in [2.45, 2.75) is 0 Å². The van der Waals surface area contributed by atoms with Crippen molar-refractivity contribution in [3.8, 4) is 67.0 Å². The standard InChI is InChI=1S/C46H28N4S2/c1-4-12-29(13-5-1)31-20-24-34(25-21-31)44-48-43(33-16-8-3-9-17-33)49-45(50-44)40-41-39(28-37-36-18-10-11-19-38(36)51-42(37)40)52-46(47-41)35-26-22-32(23-27-35)30-14-6-2-7-15-30/h1-28H. The first-order chi connectivity index (χ1) is 25.7. The molecule has 0 amide bonds.